The van der Waals surface area contributed by atoms with Crippen LogP contribution in [-0.2, 0) is 6.42 Å². The highest BCUT2D eigenvalue weighted by Crippen LogP contribution is 2.20. The second kappa shape index (κ2) is 5.39. The maximum Gasteiger partial charge on any atom is 0.119 e. The third-order valence-corrected chi connectivity index (χ3v) is 2.71. The van der Waals surface area contributed by atoms with Gasteiger partial charge in [-0.1, -0.05) is 19.1 Å². The van der Waals surface area contributed by atoms with Gasteiger partial charge in [-0.25, -0.2) is 0 Å². The fourth-order valence-electron chi connectivity index (χ4n) is 1.71. The molecule has 0 fully saturated rings. The van der Waals surface area contributed by atoms with E-state index < -0.39 is 0 Å². The molecule has 0 bridgehead atoms. The van der Waals surface area contributed by atoms with Crippen LogP contribution < -0.4 is 10.1 Å². The zero-order chi connectivity index (χ0) is 12.1. The quantitative estimate of drug-likeness (QED) is 0.852. The first kappa shape index (κ1) is 11.5. The third-order valence-electron chi connectivity index (χ3n) is 2.71. The molecule has 2 aromatic rings. The summed E-state index contributed by atoms with van der Waals surface area (Å²) in [6, 6.07) is 16.4. The predicted molar refractivity (Wildman–Crippen MR) is 72.1 cm³/mol. The lowest BCUT2D eigenvalue weighted by Gasteiger charge is -2.08. The summed E-state index contributed by atoms with van der Waals surface area (Å²) in [4.78, 5) is 0. The molecule has 17 heavy (non-hydrogen) atoms. The van der Waals surface area contributed by atoms with Gasteiger partial charge in [0.1, 0.15) is 5.75 Å². The molecule has 0 saturated heterocycles. The lowest BCUT2D eigenvalue weighted by atomic mass is 10.1. The molecule has 2 nitrogen and oxygen atoms in total. The van der Waals surface area contributed by atoms with Crippen LogP contribution in [0.15, 0.2) is 48.5 Å². The molecule has 0 spiro atoms. The van der Waals surface area contributed by atoms with Crippen LogP contribution in [0, 0.1) is 0 Å². The van der Waals surface area contributed by atoms with Gasteiger partial charge in [-0.3, -0.25) is 0 Å². The average molecular weight is 227 g/mol. The van der Waals surface area contributed by atoms with Crippen molar-refractivity contribution in [3.63, 3.8) is 0 Å². The Bertz CT molecular complexity index is 477. The van der Waals surface area contributed by atoms with Crippen LogP contribution in [0.4, 0.5) is 11.4 Å². The molecule has 0 aromatic heterocycles. The first-order valence-corrected chi connectivity index (χ1v) is 5.82. The lowest BCUT2D eigenvalue weighted by Crippen LogP contribution is -1.91. The van der Waals surface area contributed by atoms with Crippen molar-refractivity contribution in [3.05, 3.63) is 54.1 Å². The second-order valence-electron chi connectivity index (χ2n) is 3.91. The fraction of sp³-hybridized carbons (Fsp3) is 0.200. The molecule has 2 heteroatoms. The molecule has 1 N–H and O–H groups in total. The number of nitrogens with one attached hydrogen (secondary N) is 1. The van der Waals surface area contributed by atoms with E-state index >= 15 is 0 Å². The van der Waals surface area contributed by atoms with Crippen LogP contribution in [0.5, 0.6) is 5.75 Å². The van der Waals surface area contributed by atoms with Gasteiger partial charge in [0.15, 0.2) is 0 Å². The number of rotatable bonds is 4. The predicted octanol–water partition coefficient (Wildman–Crippen LogP) is 4.00. The number of anilines is 2. The lowest BCUT2D eigenvalue weighted by molar-refractivity contribution is 0.415. The molecule has 2 aromatic carbocycles. The van der Waals surface area contributed by atoms with E-state index in [0.29, 0.717) is 0 Å². The van der Waals surface area contributed by atoms with Crippen molar-refractivity contribution in [2.45, 2.75) is 13.3 Å². The maximum absolute atomic E-state index is 5.13. The molecule has 0 aliphatic heterocycles. The average Bonchev–Trinajstić information content (AvgIpc) is 2.40. The normalized spacial score (nSPS) is 10.0. The topological polar surface area (TPSA) is 21.3 Å². The Hall–Kier alpha value is -1.96. The Morgan fingerprint density at radius 1 is 1.00 bits per heavy atom. The van der Waals surface area contributed by atoms with Gasteiger partial charge in [-0.05, 0) is 48.4 Å². The minimum Gasteiger partial charge on any atom is -0.497 e. The molecule has 0 atom stereocenters. The van der Waals surface area contributed by atoms with Crippen LogP contribution >= 0.6 is 0 Å². The molecule has 0 saturated carbocycles. The largest absolute Gasteiger partial charge is 0.497 e. The highest BCUT2D eigenvalue weighted by Gasteiger charge is 1.96. The van der Waals surface area contributed by atoms with E-state index in [4.69, 9.17) is 4.74 Å². The molecular weight excluding hydrogens is 210 g/mol. The zero-order valence-corrected chi connectivity index (χ0v) is 10.2. The van der Waals surface area contributed by atoms with E-state index in [0.717, 1.165) is 23.5 Å². The van der Waals surface area contributed by atoms with Gasteiger partial charge in [-0.15, -0.1) is 0 Å². The minimum absolute atomic E-state index is 0.873. The number of benzene rings is 2. The van der Waals surface area contributed by atoms with E-state index in [-0.39, 0.29) is 0 Å². The van der Waals surface area contributed by atoms with Crippen molar-refractivity contribution in [1.82, 2.24) is 0 Å². The maximum atomic E-state index is 5.13. The van der Waals surface area contributed by atoms with E-state index in [2.05, 4.69) is 36.5 Å². The van der Waals surface area contributed by atoms with Crippen molar-refractivity contribution in [3.8, 4) is 5.75 Å². The van der Waals surface area contributed by atoms with E-state index in [1.54, 1.807) is 7.11 Å². The SMILES string of the molecule is CCc1cccc(Nc2ccc(OC)cc2)c1. The van der Waals surface area contributed by atoms with Gasteiger partial charge in [0.25, 0.3) is 0 Å². The number of ether oxygens (including phenoxy) is 1. The summed E-state index contributed by atoms with van der Waals surface area (Å²) >= 11 is 0. The van der Waals surface area contributed by atoms with Gasteiger partial charge in [0.2, 0.25) is 0 Å². The van der Waals surface area contributed by atoms with E-state index in [9.17, 15) is 0 Å². The van der Waals surface area contributed by atoms with Crippen LogP contribution in [0.1, 0.15) is 12.5 Å². The molecule has 0 aliphatic rings. The highest BCUT2D eigenvalue weighted by atomic mass is 16.5. The number of methoxy groups -OCH3 is 1. The first-order chi connectivity index (χ1) is 8.31. The van der Waals surface area contributed by atoms with Crippen molar-refractivity contribution in [2.75, 3.05) is 12.4 Å². The van der Waals surface area contributed by atoms with Crippen molar-refractivity contribution < 1.29 is 4.74 Å². The van der Waals surface area contributed by atoms with Gasteiger partial charge in [0.05, 0.1) is 7.11 Å². The van der Waals surface area contributed by atoms with Gasteiger partial charge in [0, 0.05) is 11.4 Å². The summed E-state index contributed by atoms with van der Waals surface area (Å²) in [5.74, 6) is 0.873. The van der Waals surface area contributed by atoms with Crippen molar-refractivity contribution in [1.29, 1.82) is 0 Å². The Kier molecular flexibility index (Phi) is 3.66. The molecule has 0 amide bonds. The summed E-state index contributed by atoms with van der Waals surface area (Å²) in [6.45, 7) is 2.16. The molecule has 0 unspecified atom stereocenters. The number of aryl methyl sites for hydroxylation is 1. The Labute approximate surface area is 102 Å². The Balaban J connectivity index is 2.13. The summed E-state index contributed by atoms with van der Waals surface area (Å²) in [5, 5.41) is 3.37. The van der Waals surface area contributed by atoms with Crippen LogP contribution in [0.3, 0.4) is 0 Å². The Morgan fingerprint density at radius 3 is 2.41 bits per heavy atom. The van der Waals surface area contributed by atoms with Gasteiger partial charge in [-0.2, -0.15) is 0 Å². The second-order valence-corrected chi connectivity index (χ2v) is 3.91. The van der Waals surface area contributed by atoms with Gasteiger partial charge >= 0.3 is 0 Å². The third kappa shape index (κ3) is 3.00. The molecule has 0 radical (unpaired) electrons. The summed E-state index contributed by atoms with van der Waals surface area (Å²) in [5.41, 5.74) is 3.53. The fourth-order valence-corrected chi connectivity index (χ4v) is 1.71. The molecule has 0 aliphatic carbocycles. The first-order valence-electron chi connectivity index (χ1n) is 5.82. The molecule has 88 valence electrons. The van der Waals surface area contributed by atoms with Gasteiger partial charge < -0.3 is 10.1 Å². The summed E-state index contributed by atoms with van der Waals surface area (Å²) in [6.07, 6.45) is 1.05. The van der Waals surface area contributed by atoms with Crippen LogP contribution in [0.25, 0.3) is 0 Å². The standard InChI is InChI=1S/C15H17NO/c1-3-12-5-4-6-14(11-12)16-13-7-9-15(17-2)10-8-13/h4-11,16H,3H2,1-2H3. The summed E-state index contributed by atoms with van der Waals surface area (Å²) < 4.78 is 5.13. The molecule has 2 rings (SSSR count). The van der Waals surface area contributed by atoms with Crippen molar-refractivity contribution >= 4 is 11.4 Å². The Morgan fingerprint density at radius 2 is 1.76 bits per heavy atom. The van der Waals surface area contributed by atoms with Crippen LogP contribution in [-0.4, -0.2) is 7.11 Å². The summed E-state index contributed by atoms with van der Waals surface area (Å²) in [7, 11) is 1.67. The van der Waals surface area contributed by atoms with E-state index in [1.807, 2.05) is 24.3 Å². The minimum atomic E-state index is 0.873. The van der Waals surface area contributed by atoms with E-state index in [1.165, 1.54) is 5.56 Å². The van der Waals surface area contributed by atoms with Crippen molar-refractivity contribution in [2.24, 2.45) is 0 Å². The molecule has 0 heterocycles. The van der Waals surface area contributed by atoms with Crippen LogP contribution in [0.2, 0.25) is 0 Å². The monoisotopic (exact) mass is 227 g/mol. The number of hydrogen-bond acceptors (Lipinski definition) is 2. The zero-order valence-electron chi connectivity index (χ0n) is 10.2. The highest BCUT2D eigenvalue weighted by molar-refractivity contribution is 5.60. The number of hydrogen-bond donors (Lipinski definition) is 1. The smallest absolute Gasteiger partial charge is 0.119 e. The molecular formula is C15H17NO.